The molecule has 8 heteroatoms. The van der Waals surface area contributed by atoms with E-state index in [4.69, 9.17) is 16.3 Å². The number of rotatable bonds is 5. The highest BCUT2D eigenvalue weighted by Gasteiger charge is 2.59. The average molecular weight is 504 g/mol. The van der Waals surface area contributed by atoms with Crippen LogP contribution in [0.4, 0.5) is 4.39 Å². The molecule has 5 nitrogen and oxygen atoms in total. The number of carbonyl (C=O) groups excluding carboxylic acids is 2. The fraction of sp³-hybridized carbons (Fsp3) is 0.261. The summed E-state index contributed by atoms with van der Waals surface area (Å²) in [5.41, 5.74) is 1.00. The number of imide groups is 1. The van der Waals surface area contributed by atoms with Crippen LogP contribution in [-0.2, 0) is 16.2 Å². The van der Waals surface area contributed by atoms with Crippen molar-refractivity contribution in [2.45, 2.75) is 13.0 Å². The van der Waals surface area contributed by atoms with Gasteiger partial charge in [-0.3, -0.25) is 9.59 Å². The van der Waals surface area contributed by atoms with Crippen molar-refractivity contribution in [2.75, 3.05) is 0 Å². The van der Waals surface area contributed by atoms with Gasteiger partial charge >= 0.3 is 0 Å². The Morgan fingerprint density at radius 2 is 1.84 bits per heavy atom. The number of halogens is 3. The van der Waals surface area contributed by atoms with Crippen LogP contribution in [0.15, 0.2) is 58.1 Å². The Bertz CT molecular complexity index is 1100. The number of carbonyl (C=O) groups is 2. The molecule has 0 N–H and O–H groups in total. The molecule has 0 aromatic heterocycles. The van der Waals surface area contributed by atoms with E-state index in [0.717, 1.165) is 11.4 Å². The Labute approximate surface area is 191 Å². The minimum atomic E-state index is -0.355. The molecular formula is C23H17BrClFN2O3. The van der Waals surface area contributed by atoms with Crippen LogP contribution in [0.25, 0.3) is 0 Å². The van der Waals surface area contributed by atoms with E-state index in [0.29, 0.717) is 26.4 Å². The van der Waals surface area contributed by atoms with E-state index in [1.54, 1.807) is 30.3 Å². The van der Waals surface area contributed by atoms with Crippen molar-refractivity contribution in [3.05, 3.63) is 75.0 Å². The number of amides is 2. The molecule has 5 rings (SSSR count). The maximum atomic E-state index is 13.8. The lowest BCUT2D eigenvalue weighted by Crippen LogP contribution is -2.28. The zero-order valence-electron chi connectivity index (χ0n) is 16.2. The third kappa shape index (κ3) is 3.49. The van der Waals surface area contributed by atoms with Crippen LogP contribution in [0, 0.1) is 29.5 Å². The first-order valence-electron chi connectivity index (χ1n) is 9.89. The van der Waals surface area contributed by atoms with Crippen LogP contribution in [-0.4, -0.2) is 23.0 Å². The molecule has 1 saturated heterocycles. The lowest BCUT2D eigenvalue weighted by Gasteiger charge is -2.13. The van der Waals surface area contributed by atoms with Crippen LogP contribution >= 0.6 is 27.5 Å². The third-order valence-electron chi connectivity index (χ3n) is 6.12. The second-order valence-corrected chi connectivity index (χ2v) is 9.19. The average Bonchev–Trinajstić information content (AvgIpc) is 3.41. The molecule has 1 heterocycles. The molecule has 158 valence electrons. The zero-order valence-corrected chi connectivity index (χ0v) is 18.5. The van der Waals surface area contributed by atoms with Crippen molar-refractivity contribution in [3.63, 3.8) is 0 Å². The van der Waals surface area contributed by atoms with Gasteiger partial charge in [0.25, 0.3) is 11.8 Å². The van der Waals surface area contributed by atoms with Gasteiger partial charge < -0.3 is 4.74 Å². The van der Waals surface area contributed by atoms with E-state index in [2.05, 4.69) is 21.0 Å². The number of allylic oxidation sites excluding steroid dienone is 2. The van der Waals surface area contributed by atoms with Crippen molar-refractivity contribution in [1.82, 2.24) is 5.01 Å². The first kappa shape index (κ1) is 20.4. The Balaban J connectivity index is 1.31. The lowest BCUT2D eigenvalue weighted by atomic mass is 9.85. The maximum Gasteiger partial charge on any atom is 0.254 e. The first-order valence-corrected chi connectivity index (χ1v) is 11.1. The van der Waals surface area contributed by atoms with E-state index in [1.807, 2.05) is 12.2 Å². The van der Waals surface area contributed by atoms with Gasteiger partial charge in [0.1, 0.15) is 12.4 Å². The standard InChI is InChI=1S/C23H17BrClFN2O3/c24-16-7-12(8-17(25)21(16)31-11-15-3-1-2-4-18(15)26)10-27-28-22(29)19-13-5-6-14(9-13)20(19)23(28)30/h1-8,10,13-14,19-20H,9,11H2/t13-,14-,19-,20+/m0/s1. The molecule has 2 fully saturated rings. The summed E-state index contributed by atoms with van der Waals surface area (Å²) in [6.45, 7) is 0.0222. The molecule has 1 saturated carbocycles. The SMILES string of the molecule is O=C1[C@@H]2[C@H](C(=O)N1N=Cc1cc(Cl)c(OCc3ccccc3F)c(Br)c1)[C@H]1C=C[C@H]2C1. The van der Waals surface area contributed by atoms with Gasteiger partial charge in [0.15, 0.2) is 5.75 Å². The van der Waals surface area contributed by atoms with Crippen molar-refractivity contribution in [3.8, 4) is 5.75 Å². The Hall–Kier alpha value is -2.51. The number of ether oxygens (including phenoxy) is 1. The minimum absolute atomic E-state index is 0.0222. The lowest BCUT2D eigenvalue weighted by molar-refractivity contribution is -0.140. The van der Waals surface area contributed by atoms with Crippen LogP contribution in [0.1, 0.15) is 17.5 Å². The number of nitrogens with zero attached hydrogens (tertiary/aromatic N) is 2. The van der Waals surface area contributed by atoms with E-state index in [1.165, 1.54) is 12.3 Å². The number of fused-ring (bicyclic) bond motifs is 5. The molecule has 4 atom stereocenters. The largest absolute Gasteiger partial charge is 0.486 e. The normalized spacial score (nSPS) is 26.4. The van der Waals surface area contributed by atoms with Crippen LogP contribution in [0.3, 0.4) is 0 Å². The summed E-state index contributed by atoms with van der Waals surface area (Å²) in [7, 11) is 0. The highest BCUT2D eigenvalue weighted by Crippen LogP contribution is 2.52. The molecule has 1 aliphatic heterocycles. The van der Waals surface area contributed by atoms with Gasteiger partial charge in [0.05, 0.1) is 27.5 Å². The highest BCUT2D eigenvalue weighted by molar-refractivity contribution is 9.10. The zero-order chi connectivity index (χ0) is 21.7. The number of hydrogen-bond acceptors (Lipinski definition) is 4. The third-order valence-corrected chi connectivity index (χ3v) is 6.99. The summed E-state index contributed by atoms with van der Waals surface area (Å²) in [5.74, 6) is -0.758. The van der Waals surface area contributed by atoms with Crippen molar-refractivity contribution in [1.29, 1.82) is 0 Å². The minimum Gasteiger partial charge on any atom is -0.486 e. The Morgan fingerprint density at radius 3 is 2.48 bits per heavy atom. The predicted molar refractivity (Wildman–Crippen MR) is 117 cm³/mol. The van der Waals surface area contributed by atoms with Crippen molar-refractivity contribution < 1.29 is 18.7 Å². The van der Waals surface area contributed by atoms with Crippen LogP contribution < -0.4 is 4.74 Å². The summed E-state index contributed by atoms with van der Waals surface area (Å²) in [4.78, 5) is 25.4. The quantitative estimate of drug-likeness (QED) is 0.329. The van der Waals surface area contributed by atoms with E-state index >= 15 is 0 Å². The van der Waals surface area contributed by atoms with Gasteiger partial charge in [-0.25, -0.2) is 4.39 Å². The van der Waals surface area contributed by atoms with Gasteiger partial charge in [-0.1, -0.05) is 42.0 Å². The monoisotopic (exact) mass is 502 g/mol. The first-order chi connectivity index (χ1) is 14.9. The Morgan fingerprint density at radius 1 is 1.16 bits per heavy atom. The molecule has 31 heavy (non-hydrogen) atoms. The summed E-state index contributed by atoms with van der Waals surface area (Å²) in [6.07, 6.45) is 6.40. The molecule has 0 spiro atoms. The van der Waals surface area contributed by atoms with Gasteiger partial charge in [-0.2, -0.15) is 10.1 Å². The Kier molecular flexibility index (Phi) is 5.18. The number of benzene rings is 2. The van der Waals surface area contributed by atoms with Crippen molar-refractivity contribution in [2.24, 2.45) is 28.8 Å². The summed E-state index contributed by atoms with van der Waals surface area (Å²) < 4.78 is 20.0. The second-order valence-electron chi connectivity index (χ2n) is 7.93. The molecule has 3 aliphatic rings. The molecule has 0 unspecified atom stereocenters. The number of hydrogen-bond donors (Lipinski definition) is 0. The van der Waals surface area contributed by atoms with Crippen LogP contribution in [0.5, 0.6) is 5.75 Å². The molecule has 2 bridgehead atoms. The molecule has 2 aliphatic carbocycles. The molecule has 2 aromatic rings. The molecule has 2 amide bonds. The fourth-order valence-corrected chi connectivity index (χ4v) is 5.67. The number of hydrazone groups is 1. The topological polar surface area (TPSA) is 59.0 Å². The van der Waals surface area contributed by atoms with Gasteiger partial charge in [-0.05, 0) is 57.9 Å². The van der Waals surface area contributed by atoms with Crippen LogP contribution in [0.2, 0.25) is 5.02 Å². The predicted octanol–water partition coefficient (Wildman–Crippen LogP) is 4.96. The highest BCUT2D eigenvalue weighted by atomic mass is 79.9. The van der Waals surface area contributed by atoms with Gasteiger partial charge in [0.2, 0.25) is 0 Å². The van der Waals surface area contributed by atoms with Gasteiger partial charge in [-0.15, -0.1) is 0 Å². The van der Waals surface area contributed by atoms with E-state index in [-0.39, 0.29) is 47.9 Å². The summed E-state index contributed by atoms with van der Waals surface area (Å²) in [6, 6.07) is 9.67. The molecular weight excluding hydrogens is 487 g/mol. The second kappa shape index (κ2) is 7.88. The smallest absolute Gasteiger partial charge is 0.254 e. The fourth-order valence-electron chi connectivity index (χ4n) is 4.68. The summed E-state index contributed by atoms with van der Waals surface area (Å²) >= 11 is 9.76. The molecule has 2 aromatic carbocycles. The maximum absolute atomic E-state index is 13.8. The van der Waals surface area contributed by atoms with E-state index < -0.39 is 0 Å². The molecule has 0 radical (unpaired) electrons. The van der Waals surface area contributed by atoms with E-state index in [9.17, 15) is 14.0 Å². The summed E-state index contributed by atoms with van der Waals surface area (Å²) in [5, 5.41) is 5.45. The van der Waals surface area contributed by atoms with Gasteiger partial charge in [0, 0.05) is 5.56 Å². The van der Waals surface area contributed by atoms with Crippen molar-refractivity contribution >= 4 is 45.6 Å².